The largest absolute Gasteiger partial charge is 0.384 e. The van der Waals surface area contributed by atoms with E-state index in [1.807, 2.05) is 0 Å². The van der Waals surface area contributed by atoms with Crippen molar-refractivity contribution in [1.82, 2.24) is 9.62 Å². The molecule has 20 heavy (non-hydrogen) atoms. The molecule has 0 saturated heterocycles. The summed E-state index contributed by atoms with van der Waals surface area (Å²) in [5.74, 6) is 0. The van der Waals surface area contributed by atoms with Gasteiger partial charge in [0, 0.05) is 31.4 Å². The molecule has 0 heterocycles. The van der Waals surface area contributed by atoms with Crippen molar-refractivity contribution < 1.29 is 8.42 Å². The lowest BCUT2D eigenvalue weighted by Crippen LogP contribution is -2.27. The van der Waals surface area contributed by atoms with Crippen LogP contribution < -0.4 is 10.0 Å². The Labute approximate surface area is 121 Å². The van der Waals surface area contributed by atoms with Crippen LogP contribution in [0.1, 0.15) is 19.8 Å². The number of benzene rings is 1. The first-order chi connectivity index (χ1) is 9.53. The van der Waals surface area contributed by atoms with Crippen LogP contribution in [0, 0.1) is 0 Å². The summed E-state index contributed by atoms with van der Waals surface area (Å²) in [6.07, 6.45) is 2.63. The molecule has 1 saturated carbocycles. The van der Waals surface area contributed by atoms with Crippen molar-refractivity contribution in [3.05, 3.63) is 24.3 Å². The van der Waals surface area contributed by atoms with Crippen LogP contribution in [0.3, 0.4) is 0 Å². The zero-order valence-electron chi connectivity index (χ0n) is 12.1. The molecule has 1 aliphatic carbocycles. The van der Waals surface area contributed by atoms with E-state index < -0.39 is 10.0 Å². The van der Waals surface area contributed by atoms with Crippen molar-refractivity contribution in [2.75, 3.05) is 32.0 Å². The topological polar surface area (TPSA) is 61.4 Å². The highest BCUT2D eigenvalue weighted by Gasteiger charge is 2.25. The van der Waals surface area contributed by atoms with E-state index in [1.54, 1.807) is 31.2 Å². The fraction of sp³-hybridized carbons (Fsp3) is 0.571. The van der Waals surface area contributed by atoms with Crippen molar-refractivity contribution >= 4 is 15.7 Å². The molecule has 0 amide bonds. The summed E-state index contributed by atoms with van der Waals surface area (Å²) in [6.45, 7) is 4.04. The van der Waals surface area contributed by atoms with Gasteiger partial charge in [-0.3, -0.25) is 0 Å². The van der Waals surface area contributed by atoms with E-state index >= 15 is 0 Å². The first-order valence-electron chi connectivity index (χ1n) is 7.07. The smallest absolute Gasteiger partial charge is 0.240 e. The second-order valence-electron chi connectivity index (χ2n) is 5.16. The molecule has 0 radical (unpaired) electrons. The van der Waals surface area contributed by atoms with Gasteiger partial charge < -0.3 is 10.2 Å². The molecule has 0 atom stereocenters. The standard InChI is InChI=1S/C14H23N3O2S/c1-3-16-20(18,19)14-8-4-12(5-9-14)15-10-11-17(2)13-6-7-13/h4-5,8-9,13,15-16H,3,6-7,10-11H2,1-2H3. The fourth-order valence-electron chi connectivity index (χ4n) is 2.10. The minimum absolute atomic E-state index is 0.306. The molecule has 1 aliphatic rings. The molecule has 5 nitrogen and oxygen atoms in total. The maximum absolute atomic E-state index is 11.8. The van der Waals surface area contributed by atoms with Gasteiger partial charge in [-0.2, -0.15) is 0 Å². The number of hydrogen-bond acceptors (Lipinski definition) is 4. The number of likely N-dealkylation sites (N-methyl/N-ethyl adjacent to an activating group) is 1. The maximum Gasteiger partial charge on any atom is 0.240 e. The summed E-state index contributed by atoms with van der Waals surface area (Å²) >= 11 is 0. The molecule has 2 rings (SSSR count). The maximum atomic E-state index is 11.8. The molecule has 0 bridgehead atoms. The highest BCUT2D eigenvalue weighted by atomic mass is 32.2. The minimum atomic E-state index is -3.35. The Kier molecular flexibility index (Phi) is 5.01. The summed E-state index contributed by atoms with van der Waals surface area (Å²) < 4.78 is 26.1. The van der Waals surface area contributed by atoms with Gasteiger partial charge in [-0.15, -0.1) is 0 Å². The van der Waals surface area contributed by atoms with E-state index in [2.05, 4.69) is 22.0 Å². The summed E-state index contributed by atoms with van der Waals surface area (Å²) in [6, 6.07) is 7.64. The molecular formula is C14H23N3O2S. The summed E-state index contributed by atoms with van der Waals surface area (Å²) in [4.78, 5) is 2.66. The number of nitrogens with zero attached hydrogens (tertiary/aromatic N) is 1. The third kappa shape index (κ3) is 4.19. The molecule has 0 aromatic heterocycles. The third-order valence-electron chi connectivity index (χ3n) is 3.46. The van der Waals surface area contributed by atoms with Crippen LogP contribution in [0.2, 0.25) is 0 Å². The Hall–Kier alpha value is -1.11. The molecule has 2 N–H and O–H groups in total. The van der Waals surface area contributed by atoms with Crippen LogP contribution in [0.4, 0.5) is 5.69 Å². The van der Waals surface area contributed by atoms with Gasteiger partial charge in [0.25, 0.3) is 0 Å². The van der Waals surface area contributed by atoms with Crippen LogP contribution in [-0.2, 0) is 10.0 Å². The van der Waals surface area contributed by atoms with Gasteiger partial charge in [-0.1, -0.05) is 6.92 Å². The van der Waals surface area contributed by atoms with Gasteiger partial charge in [-0.05, 0) is 44.2 Å². The Morgan fingerprint density at radius 2 is 1.90 bits per heavy atom. The first-order valence-corrected chi connectivity index (χ1v) is 8.55. The molecule has 0 unspecified atom stereocenters. The number of anilines is 1. The van der Waals surface area contributed by atoms with Crippen LogP contribution in [0.5, 0.6) is 0 Å². The molecule has 1 fully saturated rings. The molecular weight excluding hydrogens is 274 g/mol. The Morgan fingerprint density at radius 1 is 1.25 bits per heavy atom. The second-order valence-corrected chi connectivity index (χ2v) is 6.93. The second kappa shape index (κ2) is 6.56. The van der Waals surface area contributed by atoms with Gasteiger partial charge in [0.2, 0.25) is 10.0 Å². The summed E-state index contributed by atoms with van der Waals surface area (Å²) in [7, 11) is -1.21. The minimum Gasteiger partial charge on any atom is -0.384 e. The molecule has 1 aromatic rings. The monoisotopic (exact) mass is 297 g/mol. The number of sulfonamides is 1. The van der Waals surface area contributed by atoms with Gasteiger partial charge in [-0.25, -0.2) is 13.1 Å². The van der Waals surface area contributed by atoms with Crippen molar-refractivity contribution in [3.8, 4) is 0 Å². The normalized spacial score (nSPS) is 15.6. The predicted octanol–water partition coefficient (Wildman–Crippen LogP) is 1.49. The number of hydrogen-bond donors (Lipinski definition) is 2. The lowest BCUT2D eigenvalue weighted by molar-refractivity contribution is 0.337. The number of rotatable bonds is 8. The molecule has 0 spiro atoms. The Balaban J connectivity index is 1.84. The Bertz CT molecular complexity index is 524. The van der Waals surface area contributed by atoms with Crippen molar-refractivity contribution in [2.45, 2.75) is 30.7 Å². The van der Waals surface area contributed by atoms with Crippen molar-refractivity contribution in [3.63, 3.8) is 0 Å². The van der Waals surface area contributed by atoms with Crippen LogP contribution in [0.25, 0.3) is 0 Å². The lowest BCUT2D eigenvalue weighted by atomic mass is 10.3. The van der Waals surface area contributed by atoms with E-state index in [9.17, 15) is 8.42 Å². The van der Waals surface area contributed by atoms with Gasteiger partial charge in [0.1, 0.15) is 0 Å². The first kappa shape index (κ1) is 15.3. The van der Waals surface area contributed by atoms with E-state index in [-0.39, 0.29) is 0 Å². The predicted molar refractivity (Wildman–Crippen MR) is 81.4 cm³/mol. The lowest BCUT2D eigenvalue weighted by Gasteiger charge is -2.16. The van der Waals surface area contributed by atoms with Crippen LogP contribution >= 0.6 is 0 Å². The van der Waals surface area contributed by atoms with E-state index in [0.717, 1.165) is 24.8 Å². The van der Waals surface area contributed by atoms with Gasteiger partial charge in [0.15, 0.2) is 0 Å². The molecule has 1 aromatic carbocycles. The zero-order valence-corrected chi connectivity index (χ0v) is 12.9. The average molecular weight is 297 g/mol. The van der Waals surface area contributed by atoms with E-state index in [0.29, 0.717) is 11.4 Å². The van der Waals surface area contributed by atoms with Crippen LogP contribution in [-0.4, -0.2) is 46.0 Å². The summed E-state index contributed by atoms with van der Waals surface area (Å²) in [5, 5.41) is 3.31. The average Bonchev–Trinajstić information content (AvgIpc) is 3.23. The van der Waals surface area contributed by atoms with Gasteiger partial charge >= 0.3 is 0 Å². The summed E-state index contributed by atoms with van der Waals surface area (Å²) in [5.41, 5.74) is 0.949. The highest BCUT2D eigenvalue weighted by Crippen LogP contribution is 2.24. The molecule has 112 valence electrons. The number of nitrogens with one attached hydrogen (secondary N) is 2. The third-order valence-corrected chi connectivity index (χ3v) is 5.02. The van der Waals surface area contributed by atoms with Gasteiger partial charge in [0.05, 0.1) is 4.90 Å². The molecule has 0 aliphatic heterocycles. The van der Waals surface area contributed by atoms with Crippen LogP contribution in [0.15, 0.2) is 29.2 Å². The van der Waals surface area contributed by atoms with Crippen molar-refractivity contribution in [2.24, 2.45) is 0 Å². The highest BCUT2D eigenvalue weighted by molar-refractivity contribution is 7.89. The Morgan fingerprint density at radius 3 is 2.45 bits per heavy atom. The molecule has 6 heteroatoms. The SMILES string of the molecule is CCNS(=O)(=O)c1ccc(NCCN(C)C2CC2)cc1. The fourth-order valence-corrected chi connectivity index (χ4v) is 3.14. The quantitative estimate of drug-likeness (QED) is 0.763. The van der Waals surface area contributed by atoms with E-state index in [4.69, 9.17) is 0 Å². The zero-order chi connectivity index (χ0) is 14.6. The van der Waals surface area contributed by atoms with Crippen molar-refractivity contribution in [1.29, 1.82) is 0 Å². The van der Waals surface area contributed by atoms with E-state index in [1.165, 1.54) is 12.8 Å².